The van der Waals surface area contributed by atoms with Crippen LogP contribution in [0.1, 0.15) is 27.7 Å². The van der Waals surface area contributed by atoms with Crippen molar-refractivity contribution in [1.82, 2.24) is 4.98 Å². The van der Waals surface area contributed by atoms with Crippen molar-refractivity contribution in [2.24, 2.45) is 0 Å². The van der Waals surface area contributed by atoms with Crippen LogP contribution in [-0.4, -0.2) is 30.4 Å². The molecular formula is C16H19BFNO3. The van der Waals surface area contributed by atoms with Gasteiger partial charge in [-0.15, -0.1) is 0 Å². The molecular weight excluding hydrogens is 284 g/mol. The number of ether oxygens (including phenoxy) is 1. The van der Waals surface area contributed by atoms with Crippen LogP contribution in [0.4, 0.5) is 4.39 Å². The molecule has 0 saturated carbocycles. The zero-order valence-electron chi connectivity index (χ0n) is 13.4. The van der Waals surface area contributed by atoms with Gasteiger partial charge in [0, 0.05) is 16.9 Å². The molecule has 1 saturated heterocycles. The number of hydrogen-bond donors (Lipinski definition) is 0. The molecule has 1 aliphatic rings. The molecule has 6 heteroatoms. The maximum Gasteiger partial charge on any atom is 0.497 e. The molecule has 0 atom stereocenters. The summed E-state index contributed by atoms with van der Waals surface area (Å²) in [7, 11) is 0.806. The van der Waals surface area contributed by atoms with Crippen molar-refractivity contribution in [3.05, 3.63) is 30.1 Å². The monoisotopic (exact) mass is 303 g/mol. The van der Waals surface area contributed by atoms with Crippen LogP contribution >= 0.6 is 0 Å². The maximum atomic E-state index is 14.5. The lowest BCUT2D eigenvalue weighted by atomic mass is 9.78. The van der Waals surface area contributed by atoms with Crippen molar-refractivity contribution in [2.45, 2.75) is 38.9 Å². The minimum Gasteiger partial charge on any atom is -0.481 e. The van der Waals surface area contributed by atoms with Crippen molar-refractivity contribution in [1.29, 1.82) is 0 Å². The van der Waals surface area contributed by atoms with E-state index >= 15 is 0 Å². The Morgan fingerprint density at radius 1 is 1.09 bits per heavy atom. The van der Waals surface area contributed by atoms with Crippen LogP contribution < -0.4 is 10.2 Å². The van der Waals surface area contributed by atoms with Crippen LogP contribution in [0.25, 0.3) is 10.9 Å². The lowest BCUT2D eigenvalue weighted by Gasteiger charge is -2.32. The highest BCUT2D eigenvalue weighted by atomic mass is 19.1. The van der Waals surface area contributed by atoms with Crippen molar-refractivity contribution in [3.8, 4) is 5.88 Å². The second kappa shape index (κ2) is 4.93. The highest BCUT2D eigenvalue weighted by Crippen LogP contribution is 2.36. The molecule has 116 valence electrons. The molecule has 0 aliphatic carbocycles. The minimum atomic E-state index is -0.725. The van der Waals surface area contributed by atoms with E-state index in [4.69, 9.17) is 14.0 Å². The molecule has 3 rings (SSSR count). The number of halogens is 1. The zero-order valence-corrected chi connectivity index (χ0v) is 13.4. The summed E-state index contributed by atoms with van der Waals surface area (Å²) in [6.45, 7) is 7.77. The predicted octanol–water partition coefficient (Wildman–Crippen LogP) is 2.68. The van der Waals surface area contributed by atoms with E-state index in [1.165, 1.54) is 13.2 Å². The zero-order chi connectivity index (χ0) is 16.1. The van der Waals surface area contributed by atoms with Gasteiger partial charge in [0.1, 0.15) is 5.82 Å². The highest BCUT2D eigenvalue weighted by molar-refractivity contribution is 6.62. The van der Waals surface area contributed by atoms with Crippen LogP contribution in [0.15, 0.2) is 24.3 Å². The van der Waals surface area contributed by atoms with E-state index in [0.717, 1.165) is 5.39 Å². The number of aromatic nitrogens is 1. The van der Waals surface area contributed by atoms with Gasteiger partial charge in [-0.25, -0.2) is 9.37 Å². The summed E-state index contributed by atoms with van der Waals surface area (Å²) >= 11 is 0. The van der Waals surface area contributed by atoms with E-state index < -0.39 is 24.1 Å². The summed E-state index contributed by atoms with van der Waals surface area (Å²) in [6.07, 6.45) is 0. The SMILES string of the molecule is COc1ccc2cc(B3OC(C)(C)C(C)(C)O3)c(F)cc2n1. The number of hydrogen-bond acceptors (Lipinski definition) is 4. The first kappa shape index (κ1) is 15.2. The van der Waals surface area contributed by atoms with Gasteiger partial charge in [-0.1, -0.05) is 6.07 Å². The molecule has 2 heterocycles. The second-order valence-electron chi connectivity index (χ2n) is 6.51. The molecule has 0 amide bonds. The Hall–Kier alpha value is -1.66. The second-order valence-corrected chi connectivity index (χ2v) is 6.51. The van der Waals surface area contributed by atoms with Gasteiger partial charge in [0.15, 0.2) is 0 Å². The summed E-state index contributed by atoms with van der Waals surface area (Å²) in [6, 6.07) is 6.70. The first-order valence-corrected chi connectivity index (χ1v) is 7.23. The van der Waals surface area contributed by atoms with Crippen LogP contribution in [0.5, 0.6) is 5.88 Å². The largest absolute Gasteiger partial charge is 0.497 e. The molecule has 0 radical (unpaired) electrons. The lowest BCUT2D eigenvalue weighted by molar-refractivity contribution is 0.00578. The Morgan fingerprint density at radius 2 is 1.73 bits per heavy atom. The first-order valence-electron chi connectivity index (χ1n) is 7.23. The fourth-order valence-corrected chi connectivity index (χ4v) is 2.41. The van der Waals surface area contributed by atoms with Gasteiger partial charge in [0.2, 0.25) is 5.88 Å². The standard InChI is InChI=1S/C16H19BFNO3/c1-15(2)16(3,4)22-17(21-15)11-8-10-6-7-14(20-5)19-13(10)9-12(11)18/h6-9H,1-5H3. The molecule has 1 aliphatic heterocycles. The Labute approximate surface area is 129 Å². The van der Waals surface area contributed by atoms with Crippen molar-refractivity contribution < 1.29 is 18.4 Å². The van der Waals surface area contributed by atoms with Crippen molar-refractivity contribution in [2.75, 3.05) is 7.11 Å². The minimum absolute atomic E-state index is 0.387. The number of pyridine rings is 1. The molecule has 0 unspecified atom stereocenters. The number of nitrogens with zero attached hydrogens (tertiary/aromatic N) is 1. The summed E-state index contributed by atoms with van der Waals surface area (Å²) in [5.74, 6) is 0.0574. The molecule has 2 aromatic rings. The van der Waals surface area contributed by atoms with Gasteiger partial charge in [-0.05, 0) is 39.8 Å². The number of methoxy groups -OCH3 is 1. The third-order valence-electron chi connectivity index (χ3n) is 4.50. The topological polar surface area (TPSA) is 40.6 Å². The van der Waals surface area contributed by atoms with E-state index in [1.54, 1.807) is 12.1 Å². The maximum absolute atomic E-state index is 14.5. The quantitative estimate of drug-likeness (QED) is 0.800. The van der Waals surface area contributed by atoms with Gasteiger partial charge in [0.05, 0.1) is 23.8 Å². The van der Waals surface area contributed by atoms with Gasteiger partial charge in [-0.2, -0.15) is 0 Å². The third kappa shape index (κ3) is 2.36. The third-order valence-corrected chi connectivity index (χ3v) is 4.50. The molecule has 22 heavy (non-hydrogen) atoms. The number of fused-ring (bicyclic) bond motifs is 1. The van der Waals surface area contributed by atoms with Crippen LogP contribution in [0.2, 0.25) is 0 Å². The van der Waals surface area contributed by atoms with E-state index in [1.807, 2.05) is 33.8 Å². The first-order chi connectivity index (χ1) is 10.2. The fourth-order valence-electron chi connectivity index (χ4n) is 2.41. The summed E-state index contributed by atoms with van der Waals surface area (Å²) in [5.41, 5.74) is -0.0794. The fraction of sp³-hybridized carbons (Fsp3) is 0.438. The summed E-state index contributed by atoms with van der Waals surface area (Å²) in [4.78, 5) is 4.24. The molecule has 0 spiro atoms. The molecule has 4 nitrogen and oxygen atoms in total. The Bertz CT molecular complexity index is 717. The Morgan fingerprint density at radius 3 is 2.32 bits per heavy atom. The predicted molar refractivity (Wildman–Crippen MR) is 84.0 cm³/mol. The molecule has 1 fully saturated rings. The van der Waals surface area contributed by atoms with Crippen molar-refractivity contribution >= 4 is 23.5 Å². The molecule has 1 aromatic carbocycles. The number of rotatable bonds is 2. The smallest absolute Gasteiger partial charge is 0.481 e. The lowest BCUT2D eigenvalue weighted by Crippen LogP contribution is -2.41. The summed E-state index contributed by atoms with van der Waals surface area (Å²) < 4.78 is 31.4. The van der Waals surface area contributed by atoms with Crippen LogP contribution in [0, 0.1) is 5.82 Å². The number of benzene rings is 1. The van der Waals surface area contributed by atoms with E-state index in [-0.39, 0.29) is 0 Å². The highest BCUT2D eigenvalue weighted by Gasteiger charge is 2.52. The van der Waals surface area contributed by atoms with Gasteiger partial charge in [0.25, 0.3) is 0 Å². The van der Waals surface area contributed by atoms with E-state index in [0.29, 0.717) is 16.9 Å². The summed E-state index contributed by atoms with van der Waals surface area (Å²) in [5, 5.41) is 0.812. The average Bonchev–Trinajstić information content (AvgIpc) is 2.65. The van der Waals surface area contributed by atoms with E-state index in [9.17, 15) is 4.39 Å². The Kier molecular flexibility index (Phi) is 3.42. The molecule has 1 aromatic heterocycles. The van der Waals surface area contributed by atoms with Crippen LogP contribution in [-0.2, 0) is 9.31 Å². The normalized spacial score (nSPS) is 19.6. The molecule has 0 N–H and O–H groups in total. The van der Waals surface area contributed by atoms with Gasteiger partial charge < -0.3 is 14.0 Å². The van der Waals surface area contributed by atoms with Gasteiger partial charge >= 0.3 is 7.12 Å². The van der Waals surface area contributed by atoms with Gasteiger partial charge in [-0.3, -0.25) is 0 Å². The van der Waals surface area contributed by atoms with Crippen molar-refractivity contribution in [3.63, 3.8) is 0 Å². The molecule has 0 bridgehead atoms. The average molecular weight is 303 g/mol. The van der Waals surface area contributed by atoms with E-state index in [2.05, 4.69) is 4.98 Å². The Balaban J connectivity index is 2.04. The van der Waals surface area contributed by atoms with Crippen LogP contribution in [0.3, 0.4) is 0 Å².